The molecule has 0 aliphatic carbocycles. The fourth-order valence-electron chi connectivity index (χ4n) is 5.74. The van der Waals surface area contributed by atoms with Crippen molar-refractivity contribution in [3.8, 4) is 0 Å². The van der Waals surface area contributed by atoms with Crippen LogP contribution < -0.4 is 5.32 Å². The monoisotopic (exact) mass is 447 g/mol. The zero-order valence-corrected chi connectivity index (χ0v) is 20.3. The van der Waals surface area contributed by atoms with Crippen molar-refractivity contribution in [2.75, 3.05) is 19.6 Å². The topological polar surface area (TPSA) is 46.5 Å². The van der Waals surface area contributed by atoms with Crippen molar-refractivity contribution in [3.05, 3.63) is 48.0 Å². The first-order chi connectivity index (χ1) is 16.0. The molecule has 5 rings (SSSR count). The van der Waals surface area contributed by atoms with E-state index in [-0.39, 0.29) is 23.5 Å². The summed E-state index contributed by atoms with van der Waals surface area (Å²) in [6, 6.07) is 15.7. The Morgan fingerprint density at radius 2 is 1.85 bits per heavy atom. The van der Waals surface area contributed by atoms with E-state index in [9.17, 15) is 4.79 Å². The third-order valence-electron chi connectivity index (χ3n) is 7.69. The first-order valence-corrected chi connectivity index (χ1v) is 12.7. The predicted molar refractivity (Wildman–Crippen MR) is 134 cm³/mol. The highest BCUT2D eigenvalue weighted by molar-refractivity contribution is 6.08. The maximum atomic E-state index is 11.9. The van der Waals surface area contributed by atoms with Gasteiger partial charge in [-0.15, -0.1) is 0 Å². The van der Waals surface area contributed by atoms with E-state index in [1.807, 2.05) is 13.8 Å². The van der Waals surface area contributed by atoms with Gasteiger partial charge in [-0.1, -0.05) is 38.1 Å². The summed E-state index contributed by atoms with van der Waals surface area (Å²) in [6.07, 6.45) is 4.50. The van der Waals surface area contributed by atoms with E-state index in [4.69, 9.17) is 4.74 Å². The lowest BCUT2D eigenvalue weighted by Gasteiger charge is -2.39. The lowest BCUT2D eigenvalue weighted by atomic mass is 9.88. The fraction of sp³-hybridized carbons (Fsp3) is 0.536. The predicted octanol–water partition coefficient (Wildman–Crippen LogP) is 5.10. The molecule has 1 amide bonds. The number of aromatic nitrogens is 1. The van der Waals surface area contributed by atoms with E-state index in [1.165, 1.54) is 27.4 Å². The molecule has 0 bridgehead atoms. The van der Waals surface area contributed by atoms with Gasteiger partial charge in [0.1, 0.15) is 0 Å². The van der Waals surface area contributed by atoms with Gasteiger partial charge in [-0.25, -0.2) is 0 Å². The van der Waals surface area contributed by atoms with Crippen LogP contribution in [0.5, 0.6) is 0 Å². The van der Waals surface area contributed by atoms with Gasteiger partial charge in [-0.2, -0.15) is 0 Å². The summed E-state index contributed by atoms with van der Waals surface area (Å²) in [4.78, 5) is 14.5. The molecule has 1 atom stereocenters. The van der Waals surface area contributed by atoms with Crippen LogP contribution in [0.1, 0.15) is 52.0 Å². The van der Waals surface area contributed by atoms with E-state index < -0.39 is 0 Å². The van der Waals surface area contributed by atoms with Crippen molar-refractivity contribution < 1.29 is 9.53 Å². The molecule has 3 aromatic rings. The van der Waals surface area contributed by atoms with E-state index in [0.29, 0.717) is 6.54 Å². The molecule has 3 heterocycles. The highest BCUT2D eigenvalue weighted by Gasteiger charge is 2.42. The number of carbonyl (C=O) groups excluding carboxylic acids is 1. The molecule has 0 radical (unpaired) electrons. The number of nitrogens with one attached hydrogen (secondary N) is 1. The molecular formula is C28H37N3O2. The first-order valence-electron chi connectivity index (χ1n) is 12.7. The zero-order valence-electron chi connectivity index (χ0n) is 20.3. The van der Waals surface area contributed by atoms with Gasteiger partial charge in [0, 0.05) is 60.4 Å². The molecule has 2 aliphatic rings. The standard InChI is InChI=1S/C28H37N3O2/c1-4-31-25-8-6-5-7-23(25)24-17-21(9-10-26(24)31)19-30-15-13-28(14-16-30)12-11-22(33-28)18-29-27(32)20(2)3/h5-10,17,20,22H,4,11-16,18-19H2,1-3H3,(H,29,32). The zero-order chi connectivity index (χ0) is 23.0. The Bertz CT molecular complexity index is 1140. The van der Waals surface area contributed by atoms with Crippen LogP contribution in [0, 0.1) is 5.92 Å². The minimum atomic E-state index is 0.0161. The van der Waals surface area contributed by atoms with E-state index in [1.54, 1.807) is 0 Å². The van der Waals surface area contributed by atoms with Crippen molar-refractivity contribution in [2.24, 2.45) is 5.92 Å². The molecule has 2 aromatic carbocycles. The SMILES string of the molecule is CCn1c2ccccc2c2cc(CN3CCC4(CCC(CNC(=O)C(C)C)O4)CC3)ccc21. The number of piperidine rings is 1. The van der Waals surface area contributed by atoms with Crippen molar-refractivity contribution >= 4 is 27.7 Å². The molecule has 2 saturated heterocycles. The quantitative estimate of drug-likeness (QED) is 0.572. The Kier molecular flexibility index (Phi) is 6.19. The Morgan fingerprint density at radius 1 is 1.09 bits per heavy atom. The Labute approximate surface area is 197 Å². The van der Waals surface area contributed by atoms with Crippen LogP contribution in [0.3, 0.4) is 0 Å². The van der Waals surface area contributed by atoms with Gasteiger partial charge < -0.3 is 14.6 Å². The molecule has 1 unspecified atom stereocenters. The van der Waals surface area contributed by atoms with E-state index in [2.05, 4.69) is 64.2 Å². The number of rotatable bonds is 6. The number of para-hydroxylation sites is 1. The number of hydrogen-bond acceptors (Lipinski definition) is 3. The maximum Gasteiger partial charge on any atom is 0.222 e. The molecule has 176 valence electrons. The Hall–Kier alpha value is -2.37. The number of hydrogen-bond donors (Lipinski definition) is 1. The summed E-state index contributed by atoms with van der Waals surface area (Å²) in [5, 5.41) is 5.76. The molecule has 0 saturated carbocycles. The average Bonchev–Trinajstić information content (AvgIpc) is 3.37. The lowest BCUT2D eigenvalue weighted by molar-refractivity contribution is -0.125. The highest BCUT2D eigenvalue weighted by Crippen LogP contribution is 2.39. The highest BCUT2D eigenvalue weighted by atomic mass is 16.5. The van der Waals surface area contributed by atoms with Crippen molar-refractivity contribution in [1.82, 2.24) is 14.8 Å². The molecule has 33 heavy (non-hydrogen) atoms. The molecule has 2 fully saturated rings. The molecule has 2 aliphatic heterocycles. The molecular weight excluding hydrogens is 410 g/mol. The average molecular weight is 448 g/mol. The van der Waals surface area contributed by atoms with E-state index >= 15 is 0 Å². The summed E-state index contributed by atoms with van der Waals surface area (Å²) in [7, 11) is 0. The van der Waals surface area contributed by atoms with Crippen LogP contribution in [0.2, 0.25) is 0 Å². The lowest BCUT2D eigenvalue weighted by Crippen LogP contribution is -2.45. The Balaban J connectivity index is 1.21. The third-order valence-corrected chi connectivity index (χ3v) is 7.69. The van der Waals surface area contributed by atoms with Crippen LogP contribution in [0.4, 0.5) is 0 Å². The number of benzene rings is 2. The van der Waals surface area contributed by atoms with E-state index in [0.717, 1.165) is 51.9 Å². The summed E-state index contributed by atoms with van der Waals surface area (Å²) in [5.74, 6) is 0.148. The third kappa shape index (κ3) is 4.41. The fourth-order valence-corrected chi connectivity index (χ4v) is 5.74. The molecule has 1 aromatic heterocycles. The number of ether oxygens (including phenoxy) is 1. The molecule has 1 N–H and O–H groups in total. The minimum absolute atomic E-state index is 0.0161. The van der Waals surface area contributed by atoms with Gasteiger partial charge in [-0.3, -0.25) is 9.69 Å². The number of amides is 1. The smallest absolute Gasteiger partial charge is 0.222 e. The second-order valence-corrected chi connectivity index (χ2v) is 10.3. The van der Waals surface area contributed by atoms with Crippen LogP contribution in [0.25, 0.3) is 21.8 Å². The number of nitrogens with zero attached hydrogens (tertiary/aromatic N) is 2. The first kappa shape index (κ1) is 22.4. The molecule has 1 spiro atoms. The maximum absolute atomic E-state index is 11.9. The molecule has 5 heteroatoms. The summed E-state index contributed by atoms with van der Waals surface area (Å²) < 4.78 is 8.91. The van der Waals surface area contributed by atoms with Gasteiger partial charge in [0.25, 0.3) is 0 Å². The normalized spacial score (nSPS) is 20.9. The van der Waals surface area contributed by atoms with Crippen molar-refractivity contribution in [2.45, 2.75) is 71.2 Å². The largest absolute Gasteiger partial charge is 0.370 e. The van der Waals surface area contributed by atoms with Gasteiger partial charge in [0.2, 0.25) is 5.91 Å². The number of likely N-dealkylation sites (tertiary alicyclic amines) is 1. The van der Waals surface area contributed by atoms with Crippen LogP contribution in [0.15, 0.2) is 42.5 Å². The van der Waals surface area contributed by atoms with Crippen molar-refractivity contribution in [3.63, 3.8) is 0 Å². The summed E-state index contributed by atoms with van der Waals surface area (Å²) in [6.45, 7) is 10.8. The second kappa shape index (κ2) is 9.11. The number of carbonyl (C=O) groups is 1. The summed E-state index contributed by atoms with van der Waals surface area (Å²) >= 11 is 0. The van der Waals surface area contributed by atoms with Crippen LogP contribution >= 0.6 is 0 Å². The second-order valence-electron chi connectivity index (χ2n) is 10.3. The van der Waals surface area contributed by atoms with Gasteiger partial charge in [-0.05, 0) is 56.4 Å². The van der Waals surface area contributed by atoms with Crippen LogP contribution in [-0.4, -0.2) is 46.7 Å². The van der Waals surface area contributed by atoms with Crippen LogP contribution in [-0.2, 0) is 22.6 Å². The van der Waals surface area contributed by atoms with Gasteiger partial charge in [0.05, 0.1) is 11.7 Å². The van der Waals surface area contributed by atoms with Gasteiger partial charge >= 0.3 is 0 Å². The number of fused-ring (bicyclic) bond motifs is 3. The van der Waals surface area contributed by atoms with Crippen molar-refractivity contribution in [1.29, 1.82) is 0 Å². The Morgan fingerprint density at radius 3 is 2.61 bits per heavy atom. The summed E-state index contributed by atoms with van der Waals surface area (Å²) in [5.41, 5.74) is 4.06. The number of aryl methyl sites for hydroxylation is 1. The minimum Gasteiger partial charge on any atom is -0.370 e. The molecule has 5 nitrogen and oxygen atoms in total. The van der Waals surface area contributed by atoms with Gasteiger partial charge in [0.15, 0.2) is 0 Å².